The summed E-state index contributed by atoms with van der Waals surface area (Å²) in [6, 6.07) is 12.7. The van der Waals surface area contributed by atoms with E-state index in [9.17, 15) is 14.4 Å². The molecule has 0 saturated carbocycles. The zero-order valence-corrected chi connectivity index (χ0v) is 14.6. The highest BCUT2D eigenvalue weighted by atomic mass is 16.5. The molecule has 7 heteroatoms. The van der Waals surface area contributed by atoms with Crippen LogP contribution in [0.5, 0.6) is 0 Å². The van der Waals surface area contributed by atoms with Gasteiger partial charge in [-0.2, -0.15) is 0 Å². The number of amides is 2. The maximum Gasteiger partial charge on any atom is 0.306 e. The molecule has 0 spiro atoms. The zero-order valence-electron chi connectivity index (χ0n) is 14.6. The van der Waals surface area contributed by atoms with E-state index in [2.05, 4.69) is 10.6 Å². The van der Waals surface area contributed by atoms with Crippen LogP contribution in [0.3, 0.4) is 0 Å². The molecule has 138 valence electrons. The van der Waals surface area contributed by atoms with Gasteiger partial charge in [-0.1, -0.05) is 30.3 Å². The molecule has 0 bridgehead atoms. The van der Waals surface area contributed by atoms with Crippen molar-refractivity contribution in [2.75, 3.05) is 6.61 Å². The minimum atomic E-state index is -0.597. The van der Waals surface area contributed by atoms with E-state index in [4.69, 9.17) is 9.15 Å². The molecule has 0 unspecified atom stereocenters. The van der Waals surface area contributed by atoms with Gasteiger partial charge in [-0.25, -0.2) is 0 Å². The van der Waals surface area contributed by atoms with Gasteiger partial charge >= 0.3 is 5.97 Å². The number of hydrogen-bond donors (Lipinski definition) is 2. The summed E-state index contributed by atoms with van der Waals surface area (Å²) in [5.74, 6) is -0.650. The number of benzene rings is 1. The third-order valence-corrected chi connectivity index (χ3v) is 3.64. The molecular formula is C19H22N2O5. The molecule has 2 rings (SSSR count). The quantitative estimate of drug-likeness (QED) is 0.669. The van der Waals surface area contributed by atoms with Gasteiger partial charge in [0.25, 0.3) is 5.91 Å². The highest BCUT2D eigenvalue weighted by Gasteiger charge is 2.13. The van der Waals surface area contributed by atoms with Crippen molar-refractivity contribution in [3.8, 4) is 0 Å². The number of carbonyl (C=O) groups is 3. The van der Waals surface area contributed by atoms with Crippen LogP contribution in [-0.4, -0.2) is 24.4 Å². The molecule has 0 aliphatic heterocycles. The average molecular weight is 358 g/mol. The lowest BCUT2D eigenvalue weighted by atomic mass is 10.1. The topological polar surface area (TPSA) is 97.6 Å². The first-order chi connectivity index (χ1) is 12.5. The molecule has 2 amide bonds. The third-order valence-electron chi connectivity index (χ3n) is 3.64. The Morgan fingerprint density at radius 1 is 1.04 bits per heavy atom. The van der Waals surface area contributed by atoms with E-state index >= 15 is 0 Å². The van der Waals surface area contributed by atoms with Gasteiger partial charge in [0.15, 0.2) is 6.61 Å². The lowest BCUT2D eigenvalue weighted by Crippen LogP contribution is -2.31. The molecule has 1 heterocycles. The molecule has 0 saturated heterocycles. The van der Waals surface area contributed by atoms with Crippen molar-refractivity contribution in [1.29, 1.82) is 0 Å². The van der Waals surface area contributed by atoms with Crippen LogP contribution in [-0.2, 0) is 25.7 Å². The first-order valence-corrected chi connectivity index (χ1v) is 8.33. The van der Waals surface area contributed by atoms with Crippen molar-refractivity contribution in [3.05, 3.63) is 60.1 Å². The number of nitrogens with one attached hydrogen (secondary N) is 2. The molecular weight excluding hydrogens is 336 g/mol. The van der Waals surface area contributed by atoms with Crippen LogP contribution in [0, 0.1) is 0 Å². The first-order valence-electron chi connectivity index (χ1n) is 8.33. The second-order valence-electron chi connectivity index (χ2n) is 5.72. The maximum atomic E-state index is 11.8. The SMILES string of the molecule is C[C@@H](NC(=O)COC(=O)CCC(=O)NCc1ccco1)c1ccccc1. The lowest BCUT2D eigenvalue weighted by Gasteiger charge is -2.14. The number of furan rings is 1. The predicted octanol–water partition coefficient (Wildman–Crippen LogP) is 2.10. The van der Waals surface area contributed by atoms with E-state index in [0.29, 0.717) is 5.76 Å². The highest BCUT2D eigenvalue weighted by molar-refractivity contribution is 5.83. The summed E-state index contributed by atoms with van der Waals surface area (Å²) >= 11 is 0. The van der Waals surface area contributed by atoms with Crippen LogP contribution in [0.1, 0.15) is 37.1 Å². The average Bonchev–Trinajstić information content (AvgIpc) is 3.17. The smallest absolute Gasteiger partial charge is 0.306 e. The minimum absolute atomic E-state index is 0.0123. The van der Waals surface area contributed by atoms with Crippen LogP contribution in [0.2, 0.25) is 0 Å². The third kappa shape index (κ3) is 6.80. The number of carbonyl (C=O) groups excluding carboxylic acids is 3. The van der Waals surface area contributed by atoms with Crippen LogP contribution in [0.4, 0.5) is 0 Å². The Kier molecular flexibility index (Phi) is 7.42. The molecule has 7 nitrogen and oxygen atoms in total. The molecule has 1 aromatic heterocycles. The summed E-state index contributed by atoms with van der Waals surface area (Å²) in [4.78, 5) is 35.1. The van der Waals surface area contributed by atoms with Crippen LogP contribution < -0.4 is 10.6 Å². The molecule has 26 heavy (non-hydrogen) atoms. The van der Waals surface area contributed by atoms with Crippen LogP contribution in [0.25, 0.3) is 0 Å². The molecule has 0 aliphatic carbocycles. The number of esters is 1. The Labute approximate surface area is 151 Å². The molecule has 1 aromatic carbocycles. The normalized spacial score (nSPS) is 11.4. The maximum absolute atomic E-state index is 11.8. The second kappa shape index (κ2) is 10.0. The Morgan fingerprint density at radius 2 is 1.81 bits per heavy atom. The molecule has 0 fully saturated rings. The van der Waals surface area contributed by atoms with Crippen LogP contribution >= 0.6 is 0 Å². The standard InChI is InChI=1S/C19H22N2O5/c1-14(15-6-3-2-4-7-15)21-18(23)13-26-19(24)10-9-17(22)20-12-16-8-5-11-25-16/h2-8,11,14H,9-10,12-13H2,1H3,(H,20,22)(H,21,23)/t14-/m1/s1. The molecule has 0 aliphatic rings. The fraction of sp³-hybridized carbons (Fsp3) is 0.316. The Balaban J connectivity index is 1.60. The first kappa shape index (κ1) is 19.2. The van der Waals surface area contributed by atoms with Crippen LogP contribution in [0.15, 0.2) is 53.1 Å². The molecule has 0 radical (unpaired) electrons. The number of ether oxygens (including phenoxy) is 1. The highest BCUT2D eigenvalue weighted by Crippen LogP contribution is 2.10. The second-order valence-corrected chi connectivity index (χ2v) is 5.72. The Morgan fingerprint density at radius 3 is 2.50 bits per heavy atom. The summed E-state index contributed by atoms with van der Waals surface area (Å²) < 4.78 is 9.98. The van der Waals surface area contributed by atoms with Gasteiger partial charge in [0.05, 0.1) is 25.3 Å². The number of rotatable bonds is 9. The van der Waals surface area contributed by atoms with Crippen molar-refractivity contribution in [3.63, 3.8) is 0 Å². The van der Waals surface area contributed by atoms with Gasteiger partial charge in [-0.3, -0.25) is 14.4 Å². The Bertz CT molecular complexity index is 713. The zero-order chi connectivity index (χ0) is 18.8. The summed E-state index contributed by atoms with van der Waals surface area (Å²) in [6.07, 6.45) is 1.41. The summed E-state index contributed by atoms with van der Waals surface area (Å²) in [7, 11) is 0. The van der Waals surface area contributed by atoms with Crippen molar-refractivity contribution < 1.29 is 23.5 Å². The fourth-order valence-corrected chi connectivity index (χ4v) is 2.23. The summed E-state index contributed by atoms with van der Waals surface area (Å²) in [5, 5.41) is 5.38. The van der Waals surface area contributed by atoms with E-state index < -0.39 is 11.9 Å². The van der Waals surface area contributed by atoms with Gasteiger partial charge in [0, 0.05) is 6.42 Å². The van der Waals surface area contributed by atoms with E-state index in [1.54, 1.807) is 12.1 Å². The van der Waals surface area contributed by atoms with Crippen molar-refractivity contribution in [2.24, 2.45) is 0 Å². The molecule has 1 atom stereocenters. The summed E-state index contributed by atoms with van der Waals surface area (Å²) in [6.45, 7) is 1.74. The largest absolute Gasteiger partial charge is 0.467 e. The van der Waals surface area contributed by atoms with E-state index in [1.807, 2.05) is 37.3 Å². The Hall–Kier alpha value is -3.09. The van der Waals surface area contributed by atoms with E-state index in [-0.39, 0.29) is 37.9 Å². The molecule has 2 N–H and O–H groups in total. The van der Waals surface area contributed by atoms with Crippen molar-refractivity contribution in [1.82, 2.24) is 10.6 Å². The van der Waals surface area contributed by atoms with Gasteiger partial charge in [0.1, 0.15) is 5.76 Å². The van der Waals surface area contributed by atoms with Gasteiger partial charge < -0.3 is 19.8 Å². The van der Waals surface area contributed by atoms with E-state index in [1.165, 1.54) is 6.26 Å². The fourth-order valence-electron chi connectivity index (χ4n) is 2.23. The lowest BCUT2D eigenvalue weighted by molar-refractivity contribution is -0.149. The summed E-state index contributed by atoms with van der Waals surface area (Å²) in [5.41, 5.74) is 0.959. The minimum Gasteiger partial charge on any atom is -0.467 e. The van der Waals surface area contributed by atoms with Gasteiger partial charge in [0.2, 0.25) is 5.91 Å². The molecule has 2 aromatic rings. The van der Waals surface area contributed by atoms with Crippen molar-refractivity contribution >= 4 is 17.8 Å². The van der Waals surface area contributed by atoms with Crippen molar-refractivity contribution in [2.45, 2.75) is 32.4 Å². The number of hydrogen-bond acceptors (Lipinski definition) is 5. The monoisotopic (exact) mass is 358 g/mol. The van der Waals surface area contributed by atoms with Gasteiger partial charge in [-0.15, -0.1) is 0 Å². The van der Waals surface area contributed by atoms with Gasteiger partial charge in [-0.05, 0) is 24.6 Å². The predicted molar refractivity (Wildman–Crippen MR) is 93.7 cm³/mol. The van der Waals surface area contributed by atoms with E-state index in [0.717, 1.165) is 5.56 Å².